The predicted octanol–water partition coefficient (Wildman–Crippen LogP) is 3.66. The van der Waals surface area contributed by atoms with Crippen LogP contribution in [-0.2, 0) is 0 Å². The van der Waals surface area contributed by atoms with Gasteiger partial charge in [-0.1, -0.05) is 31.6 Å². The Morgan fingerprint density at radius 2 is 1.47 bits per heavy atom. The molecule has 0 bridgehead atoms. The molecule has 0 aliphatic heterocycles. The first-order chi connectivity index (χ1) is 7.16. The van der Waals surface area contributed by atoms with Crippen LogP contribution in [-0.4, -0.2) is 13.7 Å². The van der Waals surface area contributed by atoms with Crippen molar-refractivity contribution < 1.29 is 0 Å². The van der Waals surface area contributed by atoms with Crippen LogP contribution in [0.15, 0.2) is 38.0 Å². The molecule has 0 saturated carbocycles. The van der Waals surface area contributed by atoms with Crippen molar-refractivity contribution in [3.8, 4) is 0 Å². The third kappa shape index (κ3) is 4.18. The molecule has 0 saturated heterocycles. The number of hydrogen-bond donors (Lipinski definition) is 1. The Kier molecular flexibility index (Phi) is 7.35. The summed E-state index contributed by atoms with van der Waals surface area (Å²) < 4.78 is 0. The molecular formula is C13H25NSi. The van der Waals surface area contributed by atoms with Gasteiger partial charge in [0.1, 0.15) is 0 Å². The van der Waals surface area contributed by atoms with Crippen LogP contribution in [0.4, 0.5) is 0 Å². The highest BCUT2D eigenvalue weighted by molar-refractivity contribution is 6.82. The highest BCUT2D eigenvalue weighted by Crippen LogP contribution is 2.27. The van der Waals surface area contributed by atoms with Gasteiger partial charge in [0.25, 0.3) is 0 Å². The first kappa shape index (κ1) is 14.4. The van der Waals surface area contributed by atoms with Crippen LogP contribution in [0.3, 0.4) is 0 Å². The minimum Gasteiger partial charge on any atom is -0.330 e. The molecule has 0 radical (unpaired) electrons. The second-order valence-corrected chi connectivity index (χ2v) is 8.93. The molecule has 15 heavy (non-hydrogen) atoms. The fourth-order valence-corrected chi connectivity index (χ4v) is 6.22. The minimum absolute atomic E-state index is 0.344. The van der Waals surface area contributed by atoms with E-state index in [1.807, 2.05) is 18.2 Å². The molecule has 0 aliphatic carbocycles. The van der Waals surface area contributed by atoms with Gasteiger partial charge in [-0.3, -0.25) is 0 Å². The van der Waals surface area contributed by atoms with Crippen molar-refractivity contribution >= 4 is 8.07 Å². The Hall–Kier alpha value is -0.603. The molecule has 86 valence electrons. The maximum absolute atomic E-state index is 6.34. The molecule has 1 nitrogen and oxygen atoms in total. The largest absolute Gasteiger partial charge is 0.330 e. The molecule has 0 heterocycles. The second-order valence-electron chi connectivity index (χ2n) is 4.24. The van der Waals surface area contributed by atoms with E-state index in [9.17, 15) is 0 Å². The summed E-state index contributed by atoms with van der Waals surface area (Å²) in [7, 11) is -1.50. The minimum atomic E-state index is -1.50. The SMILES string of the molecule is C=CC[Si](CC=C)(CC=C)C(N)CCC. The van der Waals surface area contributed by atoms with Gasteiger partial charge in [0.05, 0.1) is 8.07 Å². The van der Waals surface area contributed by atoms with Gasteiger partial charge < -0.3 is 5.73 Å². The Labute approximate surface area is 95.8 Å². The topological polar surface area (TPSA) is 26.0 Å². The van der Waals surface area contributed by atoms with Gasteiger partial charge in [-0.15, -0.1) is 19.7 Å². The van der Waals surface area contributed by atoms with Crippen LogP contribution in [0.1, 0.15) is 19.8 Å². The Balaban J connectivity index is 4.79. The zero-order valence-electron chi connectivity index (χ0n) is 10.0. The summed E-state index contributed by atoms with van der Waals surface area (Å²) in [6.07, 6.45) is 8.33. The van der Waals surface area contributed by atoms with Crippen molar-refractivity contribution in [2.45, 2.75) is 43.6 Å². The van der Waals surface area contributed by atoms with Gasteiger partial charge >= 0.3 is 0 Å². The van der Waals surface area contributed by atoms with Crippen molar-refractivity contribution in [3.05, 3.63) is 38.0 Å². The third-order valence-corrected chi connectivity index (χ3v) is 8.21. The molecule has 0 fully saturated rings. The highest BCUT2D eigenvalue weighted by atomic mass is 28.3. The summed E-state index contributed by atoms with van der Waals surface area (Å²) >= 11 is 0. The maximum Gasteiger partial charge on any atom is 0.0833 e. The number of allylic oxidation sites excluding steroid dienone is 3. The summed E-state index contributed by atoms with van der Waals surface area (Å²) in [5.74, 6) is 0. The summed E-state index contributed by atoms with van der Waals surface area (Å²) in [6.45, 7) is 13.8. The number of rotatable bonds is 9. The first-order valence-corrected chi connectivity index (χ1v) is 8.45. The van der Waals surface area contributed by atoms with E-state index in [0.717, 1.165) is 31.0 Å². The standard InChI is InChI=1S/C13H25NSi/c1-5-9-13(14)15(10-6-2,11-7-3)12-8-4/h6-8,13H,2-5,9-12,14H2,1H3. The summed E-state index contributed by atoms with van der Waals surface area (Å²) in [5, 5.41) is 0. The van der Waals surface area contributed by atoms with Crippen LogP contribution < -0.4 is 5.73 Å². The molecule has 0 rings (SSSR count). The summed E-state index contributed by atoms with van der Waals surface area (Å²) in [5.41, 5.74) is 6.68. The highest BCUT2D eigenvalue weighted by Gasteiger charge is 2.34. The maximum atomic E-state index is 6.34. The van der Waals surface area contributed by atoms with Crippen molar-refractivity contribution in [3.63, 3.8) is 0 Å². The average Bonchev–Trinajstić information content (AvgIpc) is 2.19. The molecule has 2 N–H and O–H groups in total. The second kappa shape index (κ2) is 7.66. The average molecular weight is 223 g/mol. The monoisotopic (exact) mass is 223 g/mol. The van der Waals surface area contributed by atoms with E-state index in [2.05, 4.69) is 26.7 Å². The first-order valence-electron chi connectivity index (χ1n) is 5.75. The van der Waals surface area contributed by atoms with Gasteiger partial charge in [0.2, 0.25) is 0 Å². The lowest BCUT2D eigenvalue weighted by Crippen LogP contribution is -2.51. The number of hydrogen-bond acceptors (Lipinski definition) is 1. The molecule has 0 spiro atoms. The van der Waals surface area contributed by atoms with Gasteiger partial charge in [-0.2, -0.15) is 0 Å². The number of nitrogens with two attached hydrogens (primary N) is 1. The smallest absolute Gasteiger partial charge is 0.0833 e. The lowest BCUT2D eigenvalue weighted by atomic mass is 10.3. The van der Waals surface area contributed by atoms with Crippen LogP contribution in [0.2, 0.25) is 18.1 Å². The van der Waals surface area contributed by atoms with E-state index in [4.69, 9.17) is 5.73 Å². The fourth-order valence-electron chi connectivity index (χ4n) is 2.18. The van der Waals surface area contributed by atoms with E-state index >= 15 is 0 Å². The molecule has 0 aromatic carbocycles. The van der Waals surface area contributed by atoms with E-state index < -0.39 is 8.07 Å². The zero-order valence-corrected chi connectivity index (χ0v) is 11.0. The van der Waals surface area contributed by atoms with Gasteiger partial charge in [-0.05, 0) is 30.2 Å². The van der Waals surface area contributed by atoms with Crippen LogP contribution in [0.5, 0.6) is 0 Å². The molecular weight excluding hydrogens is 198 g/mol. The van der Waals surface area contributed by atoms with Crippen molar-refractivity contribution in [2.24, 2.45) is 5.73 Å². The van der Waals surface area contributed by atoms with Crippen molar-refractivity contribution in [1.82, 2.24) is 0 Å². The van der Waals surface area contributed by atoms with E-state index in [1.165, 1.54) is 0 Å². The predicted molar refractivity (Wildman–Crippen MR) is 73.6 cm³/mol. The van der Waals surface area contributed by atoms with Gasteiger partial charge in [-0.25, -0.2) is 0 Å². The molecule has 0 aromatic heterocycles. The molecule has 1 atom stereocenters. The third-order valence-electron chi connectivity index (χ3n) is 3.04. The molecule has 1 unspecified atom stereocenters. The Bertz CT molecular complexity index is 184. The molecule has 0 aliphatic rings. The van der Waals surface area contributed by atoms with Gasteiger partial charge in [0.15, 0.2) is 0 Å². The van der Waals surface area contributed by atoms with Crippen LogP contribution in [0.25, 0.3) is 0 Å². The zero-order chi connectivity index (χ0) is 11.7. The normalized spacial score (nSPS) is 13.2. The molecule has 2 heteroatoms. The van der Waals surface area contributed by atoms with E-state index in [1.54, 1.807) is 0 Å². The van der Waals surface area contributed by atoms with Crippen molar-refractivity contribution in [2.75, 3.05) is 0 Å². The summed E-state index contributed by atoms with van der Waals surface area (Å²) in [4.78, 5) is 0. The lowest BCUT2D eigenvalue weighted by molar-refractivity contribution is 0.723. The van der Waals surface area contributed by atoms with Gasteiger partial charge in [0, 0.05) is 0 Å². The summed E-state index contributed by atoms with van der Waals surface area (Å²) in [6, 6.07) is 3.23. The van der Waals surface area contributed by atoms with Crippen LogP contribution >= 0.6 is 0 Å². The molecule has 0 aromatic rings. The van der Waals surface area contributed by atoms with E-state index in [-0.39, 0.29) is 0 Å². The quantitative estimate of drug-likeness (QED) is 0.468. The lowest BCUT2D eigenvalue weighted by Gasteiger charge is -2.35. The Morgan fingerprint density at radius 3 is 1.73 bits per heavy atom. The fraction of sp³-hybridized carbons (Fsp3) is 0.538. The van der Waals surface area contributed by atoms with Crippen LogP contribution in [0, 0.1) is 0 Å². The van der Waals surface area contributed by atoms with E-state index in [0.29, 0.717) is 5.67 Å². The Morgan fingerprint density at radius 1 is 1.07 bits per heavy atom. The van der Waals surface area contributed by atoms with Crippen molar-refractivity contribution in [1.29, 1.82) is 0 Å². The molecule has 0 amide bonds.